The molecule has 1 fully saturated rings. The van der Waals surface area contributed by atoms with Crippen LogP contribution in [-0.2, 0) is 0 Å². The first-order chi connectivity index (χ1) is 12.8. The van der Waals surface area contributed by atoms with E-state index in [9.17, 15) is 0 Å². The van der Waals surface area contributed by atoms with Crippen molar-refractivity contribution in [3.8, 4) is 11.3 Å². The zero-order valence-electron chi connectivity index (χ0n) is 14.7. The number of pyridine rings is 1. The quantitative estimate of drug-likeness (QED) is 0.659. The highest BCUT2D eigenvalue weighted by Gasteiger charge is 2.20. The molecule has 6 heteroatoms. The molecule has 4 rings (SSSR count). The van der Waals surface area contributed by atoms with Crippen molar-refractivity contribution in [1.82, 2.24) is 19.5 Å². The predicted octanol–water partition coefficient (Wildman–Crippen LogP) is 3.68. The van der Waals surface area contributed by atoms with Crippen molar-refractivity contribution in [3.05, 3.63) is 66.4 Å². The zero-order valence-corrected chi connectivity index (χ0v) is 15.6. The molecule has 0 aliphatic carbocycles. The van der Waals surface area contributed by atoms with Gasteiger partial charge in [0.2, 0.25) is 0 Å². The average Bonchev–Trinajstić information content (AvgIpc) is 2.71. The van der Waals surface area contributed by atoms with E-state index in [-0.39, 0.29) is 0 Å². The first kappa shape index (κ1) is 17.0. The molecule has 1 aliphatic heterocycles. The number of benzene rings is 1. The van der Waals surface area contributed by atoms with Crippen LogP contribution < -0.4 is 4.90 Å². The van der Waals surface area contributed by atoms with Gasteiger partial charge < -0.3 is 4.90 Å². The van der Waals surface area contributed by atoms with Crippen molar-refractivity contribution < 1.29 is 0 Å². The van der Waals surface area contributed by atoms with Crippen LogP contribution in [-0.4, -0.2) is 45.7 Å². The van der Waals surface area contributed by atoms with E-state index < -0.39 is 0 Å². The third-order valence-corrected chi connectivity index (χ3v) is 5.64. The number of aromatic nitrogens is 3. The Labute approximate surface area is 158 Å². The maximum absolute atomic E-state index is 4.47. The van der Waals surface area contributed by atoms with Gasteiger partial charge in [0.1, 0.15) is 10.8 Å². The Balaban J connectivity index is 1.39. The fourth-order valence-corrected chi connectivity index (χ4v) is 3.86. The lowest BCUT2D eigenvalue weighted by Gasteiger charge is -2.34. The van der Waals surface area contributed by atoms with Crippen LogP contribution in [0.25, 0.3) is 11.3 Å². The van der Waals surface area contributed by atoms with Crippen LogP contribution in [0.4, 0.5) is 5.82 Å². The van der Waals surface area contributed by atoms with Gasteiger partial charge >= 0.3 is 0 Å². The topological polar surface area (TPSA) is 45.2 Å². The molecule has 0 amide bonds. The van der Waals surface area contributed by atoms with Gasteiger partial charge in [0.05, 0.1) is 5.69 Å². The molecule has 1 aliphatic rings. The van der Waals surface area contributed by atoms with Crippen molar-refractivity contribution in [2.24, 2.45) is 0 Å². The molecule has 26 heavy (non-hydrogen) atoms. The molecular weight excluding hydrogens is 342 g/mol. The Kier molecular flexibility index (Phi) is 5.13. The third kappa shape index (κ3) is 3.86. The molecule has 5 nitrogen and oxygen atoms in total. The second-order valence-electron chi connectivity index (χ2n) is 6.28. The van der Waals surface area contributed by atoms with Gasteiger partial charge in [0, 0.05) is 37.9 Å². The number of hydrogen-bond donors (Lipinski definition) is 0. The lowest BCUT2D eigenvalue weighted by molar-refractivity contribution is 0.427. The molecule has 0 bridgehead atoms. The Morgan fingerprint density at radius 3 is 2.35 bits per heavy atom. The van der Waals surface area contributed by atoms with Gasteiger partial charge in [0.15, 0.2) is 0 Å². The van der Waals surface area contributed by atoms with E-state index in [2.05, 4.69) is 55.6 Å². The molecule has 2 aromatic heterocycles. The van der Waals surface area contributed by atoms with Crippen LogP contribution in [0.1, 0.15) is 5.56 Å². The first-order valence-electron chi connectivity index (χ1n) is 8.78. The van der Waals surface area contributed by atoms with Crippen LogP contribution in [0.5, 0.6) is 0 Å². The number of piperazine rings is 1. The van der Waals surface area contributed by atoms with Crippen molar-refractivity contribution in [1.29, 1.82) is 0 Å². The minimum Gasteiger partial charge on any atom is -0.354 e. The van der Waals surface area contributed by atoms with E-state index >= 15 is 0 Å². The van der Waals surface area contributed by atoms with Gasteiger partial charge in [-0.3, -0.25) is 0 Å². The normalized spacial score (nSPS) is 15.2. The van der Waals surface area contributed by atoms with Crippen LogP contribution in [0.15, 0.2) is 65.8 Å². The van der Waals surface area contributed by atoms with Crippen molar-refractivity contribution in [2.75, 3.05) is 31.1 Å². The van der Waals surface area contributed by atoms with Crippen molar-refractivity contribution >= 4 is 17.8 Å². The van der Waals surface area contributed by atoms with E-state index in [1.165, 1.54) is 0 Å². The van der Waals surface area contributed by atoms with Gasteiger partial charge in [-0.2, -0.15) is 0 Å². The fourth-order valence-electron chi connectivity index (χ4n) is 2.99. The average molecular weight is 363 g/mol. The van der Waals surface area contributed by atoms with E-state index in [0.29, 0.717) is 0 Å². The summed E-state index contributed by atoms with van der Waals surface area (Å²) >= 11 is 1.70. The summed E-state index contributed by atoms with van der Waals surface area (Å²) in [5.41, 5.74) is 3.19. The van der Waals surface area contributed by atoms with Crippen LogP contribution in [0.3, 0.4) is 0 Å². The Morgan fingerprint density at radius 1 is 0.885 bits per heavy atom. The molecule has 0 spiro atoms. The summed E-state index contributed by atoms with van der Waals surface area (Å²) in [6, 6.07) is 18.4. The van der Waals surface area contributed by atoms with Gasteiger partial charge in [-0.15, -0.1) is 10.2 Å². The Bertz CT molecular complexity index is 849. The Hall–Kier alpha value is -2.44. The van der Waals surface area contributed by atoms with Crippen LogP contribution in [0, 0.1) is 6.92 Å². The summed E-state index contributed by atoms with van der Waals surface area (Å²) in [5, 5.41) is 9.87. The van der Waals surface area contributed by atoms with E-state index in [1.54, 1.807) is 11.9 Å². The van der Waals surface area contributed by atoms with E-state index in [0.717, 1.165) is 53.8 Å². The SMILES string of the molecule is Cc1cc(-c2ccccc2)nnc1SN1CCN(c2ccccn2)CC1. The van der Waals surface area contributed by atoms with E-state index in [1.807, 2.05) is 36.5 Å². The smallest absolute Gasteiger partial charge is 0.137 e. The predicted molar refractivity (Wildman–Crippen MR) is 106 cm³/mol. The molecular formula is C20H21N5S. The summed E-state index contributed by atoms with van der Waals surface area (Å²) in [6.07, 6.45) is 1.85. The van der Waals surface area contributed by atoms with Gasteiger partial charge in [-0.05, 0) is 42.6 Å². The van der Waals surface area contributed by atoms with Gasteiger partial charge in [0.25, 0.3) is 0 Å². The number of anilines is 1. The maximum atomic E-state index is 4.47. The van der Waals surface area contributed by atoms with Crippen LogP contribution >= 0.6 is 11.9 Å². The lowest BCUT2D eigenvalue weighted by Crippen LogP contribution is -2.43. The minimum atomic E-state index is 0.924. The van der Waals surface area contributed by atoms with Crippen molar-refractivity contribution in [2.45, 2.75) is 11.9 Å². The summed E-state index contributed by atoms with van der Waals surface area (Å²) in [5.74, 6) is 1.06. The van der Waals surface area contributed by atoms with Crippen LogP contribution in [0.2, 0.25) is 0 Å². The molecule has 0 unspecified atom stereocenters. The number of hydrogen-bond acceptors (Lipinski definition) is 6. The van der Waals surface area contributed by atoms with E-state index in [4.69, 9.17) is 0 Å². The highest BCUT2D eigenvalue weighted by atomic mass is 32.2. The first-order valence-corrected chi connectivity index (χ1v) is 9.55. The Morgan fingerprint density at radius 2 is 1.65 bits per heavy atom. The van der Waals surface area contributed by atoms with Gasteiger partial charge in [-0.25, -0.2) is 9.29 Å². The second kappa shape index (κ2) is 7.85. The summed E-state index contributed by atoms with van der Waals surface area (Å²) in [7, 11) is 0. The molecule has 0 saturated carbocycles. The van der Waals surface area contributed by atoms with Gasteiger partial charge in [-0.1, -0.05) is 36.4 Å². The molecule has 0 radical (unpaired) electrons. The standard InChI is InChI=1S/C20H21N5S/c1-16-15-18(17-7-3-2-4-8-17)22-23-20(16)26-25-13-11-24(12-14-25)19-9-5-6-10-21-19/h2-10,15H,11-14H2,1H3. The maximum Gasteiger partial charge on any atom is 0.137 e. The molecule has 132 valence electrons. The molecule has 3 aromatic rings. The van der Waals surface area contributed by atoms with Crippen molar-refractivity contribution in [3.63, 3.8) is 0 Å². The summed E-state index contributed by atoms with van der Waals surface area (Å²) in [6.45, 7) is 6.00. The highest BCUT2D eigenvalue weighted by molar-refractivity contribution is 7.97. The molecule has 0 atom stereocenters. The number of rotatable bonds is 4. The minimum absolute atomic E-state index is 0.924. The summed E-state index contributed by atoms with van der Waals surface area (Å²) < 4.78 is 2.36. The third-order valence-electron chi connectivity index (χ3n) is 4.44. The molecule has 1 aromatic carbocycles. The lowest BCUT2D eigenvalue weighted by atomic mass is 10.1. The molecule has 1 saturated heterocycles. The second-order valence-corrected chi connectivity index (χ2v) is 7.36. The number of aryl methyl sites for hydroxylation is 1. The molecule has 3 heterocycles. The zero-order chi connectivity index (χ0) is 17.8. The fraction of sp³-hybridized carbons (Fsp3) is 0.250. The molecule has 0 N–H and O–H groups in total. The summed E-state index contributed by atoms with van der Waals surface area (Å²) in [4.78, 5) is 6.77. The highest BCUT2D eigenvalue weighted by Crippen LogP contribution is 2.27. The monoisotopic (exact) mass is 363 g/mol. The largest absolute Gasteiger partial charge is 0.354 e. The number of nitrogens with zero attached hydrogens (tertiary/aromatic N) is 5.